The second-order valence-corrected chi connectivity index (χ2v) is 19.7. The van der Waals surface area contributed by atoms with E-state index in [1.54, 1.807) is 0 Å². The van der Waals surface area contributed by atoms with Crippen molar-refractivity contribution in [1.82, 2.24) is 0 Å². The van der Waals surface area contributed by atoms with Crippen molar-refractivity contribution in [2.75, 3.05) is 12.3 Å². The molecule has 0 aliphatic heterocycles. The zero-order chi connectivity index (χ0) is 19.4. The molecule has 0 saturated heterocycles. The Hall–Kier alpha value is -0.0405. The van der Waals surface area contributed by atoms with E-state index < -0.39 is 5.24 Å². The summed E-state index contributed by atoms with van der Waals surface area (Å²) in [6.45, 7) is 4.72. The van der Waals surface area contributed by atoms with Gasteiger partial charge in [-0.3, -0.25) is 0 Å². The number of rotatable bonds is 13. The van der Waals surface area contributed by atoms with E-state index in [2.05, 4.69) is 85.9 Å². The second-order valence-electron chi connectivity index (χ2n) is 6.98. The molecule has 0 radical (unpaired) electrons. The van der Waals surface area contributed by atoms with Gasteiger partial charge in [0.05, 0.1) is 0 Å². The van der Waals surface area contributed by atoms with Crippen molar-refractivity contribution in [3.63, 3.8) is 0 Å². The molecule has 0 saturated carbocycles. The second kappa shape index (κ2) is 13.2. The molecule has 2 aromatic rings. The van der Waals surface area contributed by atoms with Crippen molar-refractivity contribution in [2.24, 2.45) is 0 Å². The summed E-state index contributed by atoms with van der Waals surface area (Å²) in [5.41, 5.74) is 2.88. The Bertz CT molecular complexity index is 628. The van der Waals surface area contributed by atoms with E-state index in [1.807, 2.05) is 0 Å². The third-order valence-corrected chi connectivity index (χ3v) is 16.5. The summed E-state index contributed by atoms with van der Waals surface area (Å²) in [6, 6.07) is 21.8. The molecule has 2 aromatic carbocycles. The maximum absolute atomic E-state index is 6.36. The van der Waals surface area contributed by atoms with Gasteiger partial charge in [0.15, 0.2) is 0 Å². The van der Waals surface area contributed by atoms with Crippen LogP contribution in [0.25, 0.3) is 0 Å². The summed E-state index contributed by atoms with van der Waals surface area (Å²) in [5, 5.41) is 0.0220. The minimum atomic E-state index is -1.40. The molecular weight excluding hydrogens is 450 g/mol. The van der Waals surface area contributed by atoms with E-state index in [1.165, 1.54) is 48.0 Å². The van der Waals surface area contributed by atoms with Crippen LogP contribution in [0.15, 0.2) is 60.7 Å². The Morgan fingerprint density at radius 1 is 0.889 bits per heavy atom. The normalized spacial score (nSPS) is 12.8. The van der Waals surface area contributed by atoms with Crippen LogP contribution >= 0.6 is 16.6 Å². The predicted octanol–water partition coefficient (Wildman–Crippen LogP) is 7.26. The van der Waals surface area contributed by atoms with Crippen LogP contribution in [-0.4, -0.2) is 31.4 Å². The van der Waals surface area contributed by atoms with Crippen LogP contribution in [0.4, 0.5) is 0 Å². The molecule has 0 aromatic heterocycles. The molecule has 0 nitrogen and oxygen atoms in total. The van der Waals surface area contributed by atoms with E-state index in [-0.39, 0.29) is 0 Å². The predicted molar refractivity (Wildman–Crippen MR) is 131 cm³/mol. The van der Waals surface area contributed by atoms with Crippen LogP contribution < -0.4 is 0 Å². The molecule has 0 aliphatic carbocycles. The average Bonchev–Trinajstić information content (AvgIpc) is 2.70. The first-order chi connectivity index (χ1) is 13.1. The van der Waals surface area contributed by atoms with Gasteiger partial charge >= 0.3 is 183 Å². The SMILES string of the molecule is CCCCC[Se]C(C)SP(=S)(CCc1ccccc1)CCc1ccccc1. The number of aryl methyl sites for hydroxylation is 2. The molecule has 1 unspecified atom stereocenters. The van der Waals surface area contributed by atoms with E-state index >= 15 is 0 Å². The summed E-state index contributed by atoms with van der Waals surface area (Å²) in [5.74, 6) is 0. The monoisotopic (exact) mass is 484 g/mol. The van der Waals surface area contributed by atoms with Gasteiger partial charge in [-0.05, 0) is 0 Å². The van der Waals surface area contributed by atoms with Crippen LogP contribution in [0.2, 0.25) is 5.32 Å². The van der Waals surface area contributed by atoms with Gasteiger partial charge in [0.2, 0.25) is 0 Å². The Labute approximate surface area is 182 Å². The van der Waals surface area contributed by atoms with Gasteiger partial charge in [-0.2, -0.15) is 0 Å². The molecule has 27 heavy (non-hydrogen) atoms. The van der Waals surface area contributed by atoms with Crippen LogP contribution in [0.5, 0.6) is 0 Å². The van der Waals surface area contributed by atoms with E-state index in [4.69, 9.17) is 11.8 Å². The molecule has 0 fully saturated rings. The average molecular weight is 484 g/mol. The molecule has 0 aliphatic rings. The van der Waals surface area contributed by atoms with E-state index in [9.17, 15) is 0 Å². The van der Waals surface area contributed by atoms with Gasteiger partial charge in [-0.15, -0.1) is 0 Å². The molecule has 0 bridgehead atoms. The van der Waals surface area contributed by atoms with Crippen LogP contribution in [0, 0.1) is 0 Å². The fourth-order valence-corrected chi connectivity index (χ4v) is 17.3. The fourth-order valence-electron chi connectivity index (χ4n) is 3.01. The van der Waals surface area contributed by atoms with Crippen molar-refractivity contribution in [1.29, 1.82) is 0 Å². The zero-order valence-electron chi connectivity index (χ0n) is 16.7. The first-order valence-corrected chi connectivity index (χ1v) is 16.9. The molecule has 0 heterocycles. The summed E-state index contributed by atoms with van der Waals surface area (Å²) in [4.78, 5) is 0. The van der Waals surface area contributed by atoms with Gasteiger partial charge in [0.25, 0.3) is 0 Å². The van der Waals surface area contributed by atoms with E-state index in [0.29, 0.717) is 0 Å². The van der Waals surface area contributed by atoms with Gasteiger partial charge < -0.3 is 0 Å². The van der Waals surface area contributed by atoms with Crippen LogP contribution in [0.1, 0.15) is 44.2 Å². The number of hydrogen-bond donors (Lipinski definition) is 0. The molecule has 0 amide bonds. The molecule has 0 spiro atoms. The van der Waals surface area contributed by atoms with Gasteiger partial charge in [0.1, 0.15) is 0 Å². The van der Waals surface area contributed by atoms with Gasteiger partial charge in [-0.1, -0.05) is 0 Å². The Balaban J connectivity index is 1.94. The molecule has 148 valence electrons. The summed E-state index contributed by atoms with van der Waals surface area (Å²) >= 11 is 9.28. The van der Waals surface area contributed by atoms with Crippen molar-refractivity contribution in [2.45, 2.75) is 55.4 Å². The third-order valence-electron chi connectivity index (χ3n) is 4.61. The van der Waals surface area contributed by atoms with E-state index in [0.717, 1.165) is 31.9 Å². The fraction of sp³-hybridized carbons (Fsp3) is 0.478. The Morgan fingerprint density at radius 3 is 1.89 bits per heavy atom. The van der Waals surface area contributed by atoms with Crippen LogP contribution in [-0.2, 0) is 24.6 Å². The molecule has 1 atom stereocenters. The molecule has 2 rings (SSSR count). The summed E-state index contributed by atoms with van der Waals surface area (Å²) < 4.78 is 0.756. The Kier molecular flexibility index (Phi) is 11.4. The van der Waals surface area contributed by atoms with Gasteiger partial charge in [-0.25, -0.2) is 0 Å². The number of unbranched alkanes of at least 4 members (excludes halogenated alkanes) is 2. The number of hydrogen-bond acceptors (Lipinski definition) is 2. The maximum atomic E-state index is 6.36. The zero-order valence-corrected chi connectivity index (χ0v) is 20.9. The molecular formula is C23H33PS2Se. The first kappa shape index (κ1) is 23.2. The van der Waals surface area contributed by atoms with Crippen molar-refractivity contribution < 1.29 is 0 Å². The standard InChI is InChI=1S/C23H33PS2Se/c1-3-4-11-20-27-21(2)26-24(25,18-16-22-12-7-5-8-13-22)19-17-23-14-9-6-10-15-23/h5-10,12-15,21H,3-4,11,16-20H2,1-2H3. The van der Waals surface area contributed by atoms with Crippen molar-refractivity contribution in [3.05, 3.63) is 71.8 Å². The quantitative estimate of drug-likeness (QED) is 0.167. The topological polar surface area (TPSA) is 0 Å². The minimum absolute atomic E-state index is 0.726. The van der Waals surface area contributed by atoms with Gasteiger partial charge in [0, 0.05) is 0 Å². The first-order valence-electron chi connectivity index (χ1n) is 10.1. The summed E-state index contributed by atoms with van der Waals surface area (Å²) in [6.07, 6.45) is 8.76. The van der Waals surface area contributed by atoms with Crippen LogP contribution in [0.3, 0.4) is 0 Å². The summed E-state index contributed by atoms with van der Waals surface area (Å²) in [7, 11) is 0. The van der Waals surface area contributed by atoms with Crippen molar-refractivity contribution >= 4 is 43.4 Å². The number of benzene rings is 2. The molecule has 0 N–H and O–H groups in total. The third kappa shape index (κ3) is 9.82. The van der Waals surface area contributed by atoms with Crippen molar-refractivity contribution in [3.8, 4) is 0 Å². The molecule has 4 heteroatoms. The Morgan fingerprint density at radius 2 is 1.41 bits per heavy atom.